The molecular weight excluding hydrogens is 455 g/mol. The Labute approximate surface area is 212 Å². The summed E-state index contributed by atoms with van der Waals surface area (Å²) >= 11 is 0. The zero-order valence-electron chi connectivity index (χ0n) is 21.4. The lowest BCUT2D eigenvalue weighted by Gasteiger charge is -2.37. The molecule has 2 unspecified atom stereocenters. The van der Waals surface area contributed by atoms with Crippen LogP contribution in [-0.4, -0.2) is 23.4 Å². The quantitative estimate of drug-likeness (QED) is 0.492. The number of para-hydroxylation sites is 1. The fourth-order valence-electron chi connectivity index (χ4n) is 5.85. The summed E-state index contributed by atoms with van der Waals surface area (Å²) in [5, 5.41) is 10.3. The lowest BCUT2D eigenvalue weighted by Crippen LogP contribution is -2.33. The van der Waals surface area contributed by atoms with Crippen LogP contribution < -0.4 is 9.64 Å². The van der Waals surface area contributed by atoms with Gasteiger partial charge < -0.3 is 9.84 Å². The standard InChI is InChI=1S/C30H33FN2O3/c1-5-9-22(30(34)35)27-19(4)32-26-14-13-17(2)20-10-6-7-12-25(20)33(26)28(27)23-16-24(31)29-21(18(23)3)11-8-15-36-29/h6-7,10,12,14,16-17,22H,5,8-9,11,13,15H2,1-4H3,(H,34,35). The number of carbonyl (C=O) groups is 1. The molecule has 0 saturated carbocycles. The monoisotopic (exact) mass is 488 g/mol. The minimum Gasteiger partial charge on any atom is -0.490 e. The van der Waals surface area contributed by atoms with Crippen molar-refractivity contribution in [1.82, 2.24) is 0 Å². The first-order chi connectivity index (χ1) is 17.3. The number of anilines is 1. The van der Waals surface area contributed by atoms with Gasteiger partial charge in [0, 0.05) is 22.4 Å². The van der Waals surface area contributed by atoms with Crippen molar-refractivity contribution < 1.29 is 19.0 Å². The number of aliphatic carboxylic acids is 1. The number of hydrogen-bond donors (Lipinski definition) is 1. The van der Waals surface area contributed by atoms with Crippen LogP contribution in [-0.2, 0) is 11.2 Å². The van der Waals surface area contributed by atoms with E-state index in [-0.39, 0.29) is 5.92 Å². The van der Waals surface area contributed by atoms with Crippen LogP contribution in [0, 0.1) is 18.7 Å². The Morgan fingerprint density at radius 2 is 2.08 bits per heavy atom. The van der Waals surface area contributed by atoms with Crippen LogP contribution in [0.4, 0.5) is 10.1 Å². The van der Waals surface area contributed by atoms with Crippen LogP contribution in [0.1, 0.15) is 74.6 Å². The maximum absolute atomic E-state index is 15.5. The predicted octanol–water partition coefficient (Wildman–Crippen LogP) is 7.00. The average molecular weight is 489 g/mol. The van der Waals surface area contributed by atoms with Gasteiger partial charge >= 0.3 is 5.97 Å². The van der Waals surface area contributed by atoms with E-state index in [1.54, 1.807) is 0 Å². The molecule has 2 aromatic rings. The number of carboxylic acids is 1. The molecule has 0 amide bonds. The zero-order chi connectivity index (χ0) is 25.6. The number of rotatable bonds is 5. The molecule has 0 bridgehead atoms. The van der Waals surface area contributed by atoms with Gasteiger partial charge in [-0.2, -0.15) is 0 Å². The number of carboxylic acid groups (broad SMARTS) is 1. The average Bonchev–Trinajstić information content (AvgIpc) is 3.01. The molecule has 3 aliphatic rings. The summed E-state index contributed by atoms with van der Waals surface area (Å²) < 4.78 is 21.2. The summed E-state index contributed by atoms with van der Waals surface area (Å²) in [5.74, 6) is -0.686. The first-order valence-electron chi connectivity index (χ1n) is 12.9. The van der Waals surface area contributed by atoms with Gasteiger partial charge in [0.1, 0.15) is 5.82 Å². The van der Waals surface area contributed by atoms with Gasteiger partial charge in [-0.05, 0) is 74.8 Å². The van der Waals surface area contributed by atoms with Crippen molar-refractivity contribution in [1.29, 1.82) is 0 Å². The van der Waals surface area contributed by atoms with E-state index in [0.29, 0.717) is 42.0 Å². The van der Waals surface area contributed by atoms with Gasteiger partial charge in [0.25, 0.3) is 0 Å². The molecule has 1 N–H and O–H groups in total. The van der Waals surface area contributed by atoms with Gasteiger partial charge in [-0.1, -0.05) is 38.5 Å². The molecule has 36 heavy (non-hydrogen) atoms. The minimum absolute atomic E-state index is 0.264. The second kappa shape index (κ2) is 9.57. The van der Waals surface area contributed by atoms with Crippen LogP contribution in [0.3, 0.4) is 0 Å². The van der Waals surface area contributed by atoms with Crippen molar-refractivity contribution in [3.63, 3.8) is 0 Å². The first-order valence-corrected chi connectivity index (χ1v) is 12.9. The van der Waals surface area contributed by atoms with Gasteiger partial charge in [-0.25, -0.2) is 9.38 Å². The predicted molar refractivity (Wildman–Crippen MR) is 141 cm³/mol. The number of ether oxygens (including phenoxy) is 1. The van der Waals surface area contributed by atoms with E-state index in [9.17, 15) is 9.90 Å². The molecule has 0 saturated heterocycles. The molecule has 3 aliphatic heterocycles. The number of halogens is 1. The maximum atomic E-state index is 15.5. The summed E-state index contributed by atoms with van der Waals surface area (Å²) in [6.07, 6.45) is 5.67. The normalized spacial score (nSPS) is 19.8. The summed E-state index contributed by atoms with van der Waals surface area (Å²) in [6.45, 7) is 8.56. The van der Waals surface area contributed by atoms with E-state index in [4.69, 9.17) is 9.73 Å². The van der Waals surface area contributed by atoms with Crippen molar-refractivity contribution in [2.45, 2.75) is 65.7 Å². The molecule has 0 radical (unpaired) electrons. The van der Waals surface area contributed by atoms with Gasteiger partial charge in [0.15, 0.2) is 11.6 Å². The Kier molecular flexibility index (Phi) is 6.45. The fraction of sp³-hybridized carbons (Fsp3) is 0.400. The van der Waals surface area contributed by atoms with Crippen molar-refractivity contribution in [3.05, 3.63) is 75.9 Å². The Hall–Kier alpha value is -3.41. The van der Waals surface area contributed by atoms with Gasteiger partial charge in [0.05, 0.1) is 23.9 Å². The van der Waals surface area contributed by atoms with E-state index < -0.39 is 17.7 Å². The van der Waals surface area contributed by atoms with Crippen LogP contribution in [0.15, 0.2) is 52.8 Å². The summed E-state index contributed by atoms with van der Waals surface area (Å²) in [7, 11) is 0. The van der Waals surface area contributed by atoms with Crippen LogP contribution in [0.25, 0.3) is 5.70 Å². The van der Waals surface area contributed by atoms with Crippen LogP contribution >= 0.6 is 0 Å². The number of allylic oxidation sites excluding steroid dienone is 1. The zero-order valence-corrected chi connectivity index (χ0v) is 21.4. The smallest absolute Gasteiger partial charge is 0.311 e. The van der Waals surface area contributed by atoms with E-state index in [2.05, 4.69) is 30.0 Å². The Bertz CT molecular complexity index is 1320. The third kappa shape index (κ3) is 3.93. The second-order valence-corrected chi connectivity index (χ2v) is 10.0. The van der Waals surface area contributed by atoms with E-state index >= 15 is 4.39 Å². The van der Waals surface area contributed by atoms with Crippen LogP contribution in [0.5, 0.6) is 5.75 Å². The lowest BCUT2D eigenvalue weighted by atomic mass is 9.83. The number of nitrogens with zero attached hydrogens (tertiary/aromatic N) is 2. The largest absolute Gasteiger partial charge is 0.490 e. The summed E-state index contributed by atoms with van der Waals surface area (Å²) in [5.41, 5.74) is 6.69. The van der Waals surface area contributed by atoms with Crippen molar-refractivity contribution in [2.75, 3.05) is 11.5 Å². The molecule has 5 nitrogen and oxygen atoms in total. The number of benzene rings is 2. The topological polar surface area (TPSA) is 62.1 Å². The highest BCUT2D eigenvalue weighted by molar-refractivity contribution is 6.13. The van der Waals surface area contributed by atoms with E-state index in [1.165, 1.54) is 6.07 Å². The van der Waals surface area contributed by atoms with Crippen molar-refractivity contribution in [2.24, 2.45) is 10.9 Å². The Balaban J connectivity index is 1.88. The molecule has 2 atom stereocenters. The summed E-state index contributed by atoms with van der Waals surface area (Å²) in [6, 6.07) is 9.73. The Morgan fingerprint density at radius 3 is 2.83 bits per heavy atom. The number of hydrogen-bond acceptors (Lipinski definition) is 4. The molecule has 0 spiro atoms. The van der Waals surface area contributed by atoms with Crippen molar-refractivity contribution in [3.8, 4) is 5.75 Å². The molecule has 5 rings (SSSR count). The molecule has 3 heterocycles. The van der Waals surface area contributed by atoms with E-state index in [1.807, 2.05) is 32.9 Å². The summed E-state index contributed by atoms with van der Waals surface area (Å²) in [4.78, 5) is 19.6. The van der Waals surface area contributed by atoms with E-state index in [0.717, 1.165) is 53.2 Å². The second-order valence-electron chi connectivity index (χ2n) is 10.0. The molecule has 188 valence electrons. The molecule has 6 heteroatoms. The highest BCUT2D eigenvalue weighted by Gasteiger charge is 2.38. The third-order valence-corrected chi connectivity index (χ3v) is 7.66. The molecule has 0 aromatic heterocycles. The molecule has 0 aliphatic carbocycles. The Morgan fingerprint density at radius 1 is 1.31 bits per heavy atom. The third-order valence-electron chi connectivity index (χ3n) is 7.66. The van der Waals surface area contributed by atoms with Gasteiger partial charge in [-0.3, -0.25) is 9.69 Å². The van der Waals surface area contributed by atoms with Gasteiger partial charge in [-0.15, -0.1) is 0 Å². The SMILES string of the molecule is CCCC(C(=O)O)C1=C(c2cc(F)c3c(c2C)CCCO3)N2C(=CCC(C)c3ccccc32)N=C1C. The highest BCUT2D eigenvalue weighted by atomic mass is 19.1. The molecule has 0 fully saturated rings. The number of aliphatic imine (C=N–C) groups is 1. The van der Waals surface area contributed by atoms with Gasteiger partial charge in [0.2, 0.25) is 0 Å². The molecule has 2 aromatic carbocycles. The number of fused-ring (bicyclic) bond motifs is 4. The van der Waals surface area contributed by atoms with Crippen molar-refractivity contribution >= 4 is 23.1 Å². The lowest BCUT2D eigenvalue weighted by molar-refractivity contribution is -0.140. The fourth-order valence-corrected chi connectivity index (χ4v) is 5.85. The molecular formula is C30H33FN2O3. The minimum atomic E-state index is -0.887. The van der Waals surface area contributed by atoms with Crippen LogP contribution in [0.2, 0.25) is 0 Å². The maximum Gasteiger partial charge on any atom is 0.311 e. The highest BCUT2D eigenvalue weighted by Crippen LogP contribution is 2.47. The first kappa shape index (κ1) is 24.3.